The van der Waals surface area contributed by atoms with E-state index in [-0.39, 0.29) is 29.6 Å². The highest BCUT2D eigenvalue weighted by molar-refractivity contribution is 7.99. The third kappa shape index (κ3) is 8.20. The summed E-state index contributed by atoms with van der Waals surface area (Å²) in [5.74, 6) is -1.18. The molecule has 0 bridgehead atoms. The van der Waals surface area contributed by atoms with Crippen molar-refractivity contribution < 1.29 is 29.3 Å². The molecule has 2 atom stereocenters. The number of fused-ring (bicyclic) bond motifs is 1. The van der Waals surface area contributed by atoms with Crippen LogP contribution < -0.4 is 0 Å². The van der Waals surface area contributed by atoms with Crippen LogP contribution in [0.4, 0.5) is 0 Å². The Morgan fingerprint density at radius 3 is 2.38 bits per heavy atom. The molecule has 9 nitrogen and oxygen atoms in total. The molecule has 42 heavy (non-hydrogen) atoms. The van der Waals surface area contributed by atoms with Gasteiger partial charge in [0.05, 0.1) is 6.42 Å². The minimum Gasteiger partial charge on any atom is -0.508 e. The van der Waals surface area contributed by atoms with Crippen molar-refractivity contribution in [2.45, 2.75) is 74.7 Å². The highest BCUT2D eigenvalue weighted by atomic mass is 32.2. The van der Waals surface area contributed by atoms with Crippen LogP contribution in [0.1, 0.15) is 57.9 Å². The number of carbonyl (C=O) groups is 2. The van der Waals surface area contributed by atoms with E-state index in [2.05, 4.69) is 16.8 Å². The van der Waals surface area contributed by atoms with Crippen molar-refractivity contribution in [1.82, 2.24) is 15.0 Å². The fourth-order valence-corrected chi connectivity index (χ4v) is 5.00. The first-order chi connectivity index (χ1) is 19.9. The summed E-state index contributed by atoms with van der Waals surface area (Å²) in [6.07, 6.45) is -2.67. The predicted octanol–water partition coefficient (Wildman–Crippen LogP) is 6.09. The number of rotatable bonds is 11. The Kier molecular flexibility index (Phi) is 9.70. The number of benzene rings is 3. The molecule has 3 aromatic carbocycles. The first kappa shape index (κ1) is 30.8. The lowest BCUT2D eigenvalue weighted by atomic mass is 9.85. The quantitative estimate of drug-likeness (QED) is 0.122. The number of esters is 2. The first-order valence-electron chi connectivity index (χ1n) is 13.5. The summed E-state index contributed by atoms with van der Waals surface area (Å²) in [7, 11) is 0. The predicted molar refractivity (Wildman–Crippen MR) is 160 cm³/mol. The van der Waals surface area contributed by atoms with Crippen LogP contribution in [0.2, 0.25) is 0 Å². The number of nitrogens with zero attached hydrogens (tertiary/aromatic N) is 3. The van der Waals surface area contributed by atoms with E-state index in [1.807, 2.05) is 75.4 Å². The molecule has 0 saturated heterocycles. The summed E-state index contributed by atoms with van der Waals surface area (Å²) in [6, 6.07) is 20.7. The zero-order chi connectivity index (χ0) is 30.4. The number of ether oxygens (including phenoxy) is 2. The number of aliphatic hydroxyl groups excluding tert-OH is 1. The summed E-state index contributed by atoms with van der Waals surface area (Å²) in [5, 5.41) is 29.9. The van der Waals surface area contributed by atoms with E-state index in [1.54, 1.807) is 23.9 Å². The molecule has 0 fully saturated rings. The molecule has 220 valence electrons. The second kappa shape index (κ2) is 13.2. The van der Waals surface area contributed by atoms with Crippen LogP contribution in [0.15, 0.2) is 88.7 Å². The van der Waals surface area contributed by atoms with Gasteiger partial charge in [-0.2, -0.15) is 15.0 Å². The third-order valence-electron chi connectivity index (χ3n) is 6.35. The van der Waals surface area contributed by atoms with Crippen LogP contribution >= 0.6 is 11.8 Å². The van der Waals surface area contributed by atoms with E-state index in [4.69, 9.17) is 9.47 Å². The molecule has 0 aliphatic heterocycles. The van der Waals surface area contributed by atoms with Crippen molar-refractivity contribution >= 4 is 34.7 Å². The van der Waals surface area contributed by atoms with Crippen molar-refractivity contribution in [3.8, 4) is 5.75 Å². The van der Waals surface area contributed by atoms with Crippen LogP contribution in [-0.2, 0) is 30.9 Å². The van der Waals surface area contributed by atoms with Gasteiger partial charge in [-0.25, -0.2) is 4.79 Å². The molecule has 0 saturated carbocycles. The largest absolute Gasteiger partial charge is 0.508 e. The molecule has 2 N–H and O–H groups in total. The molecule has 0 amide bonds. The van der Waals surface area contributed by atoms with Crippen molar-refractivity contribution in [1.29, 1.82) is 0 Å². The first-order valence-corrected chi connectivity index (χ1v) is 14.4. The second-order valence-corrected chi connectivity index (χ2v) is 12.2. The summed E-state index contributed by atoms with van der Waals surface area (Å²) in [6.45, 7) is 11.0. The average molecular weight is 590 g/mol. The standard InChI is InChI=1S/C32H35N3O6S/c1-20(2)31(39)41-30(40-29(38)16-12-21-11-15-27(36)24(17-21)32(3,4)5)19-28(37)35-33-25-14-13-23(18-26(25)34-35)42-22-9-7-6-8-10-22/h6-11,13-15,17-18,28,30,36-37H,1,12,16,19H2,2-5H3. The Morgan fingerprint density at radius 2 is 1.69 bits per heavy atom. The van der Waals surface area contributed by atoms with Gasteiger partial charge in [0, 0.05) is 21.8 Å². The van der Waals surface area contributed by atoms with E-state index < -0.39 is 24.5 Å². The van der Waals surface area contributed by atoms with Gasteiger partial charge in [0.1, 0.15) is 16.8 Å². The molecule has 0 aliphatic carbocycles. The molecule has 4 aromatic rings. The molecular formula is C32H35N3O6S. The maximum atomic E-state index is 12.8. The Balaban J connectivity index is 1.43. The van der Waals surface area contributed by atoms with Gasteiger partial charge in [-0.05, 0) is 66.3 Å². The minimum atomic E-state index is -1.39. The number of aromatic nitrogens is 3. The molecule has 2 unspecified atom stereocenters. The molecule has 1 aromatic heterocycles. The molecule has 0 radical (unpaired) electrons. The maximum absolute atomic E-state index is 12.8. The Hall–Kier alpha value is -4.15. The highest BCUT2D eigenvalue weighted by Gasteiger charge is 2.26. The number of phenols is 1. The Morgan fingerprint density at radius 1 is 0.976 bits per heavy atom. The fourth-order valence-electron chi connectivity index (χ4n) is 4.13. The summed E-state index contributed by atoms with van der Waals surface area (Å²) in [5.41, 5.74) is 2.62. The number of hydrogen-bond acceptors (Lipinski definition) is 9. The topological polar surface area (TPSA) is 124 Å². The summed E-state index contributed by atoms with van der Waals surface area (Å²) in [4.78, 5) is 28.2. The van der Waals surface area contributed by atoms with Crippen molar-refractivity contribution in [3.05, 3.63) is 90.0 Å². The zero-order valence-electron chi connectivity index (χ0n) is 24.1. The molecule has 10 heteroatoms. The molecule has 0 aliphatic rings. The van der Waals surface area contributed by atoms with E-state index in [0.29, 0.717) is 17.5 Å². The maximum Gasteiger partial charge on any atom is 0.336 e. The Bertz CT molecular complexity index is 1580. The highest BCUT2D eigenvalue weighted by Crippen LogP contribution is 2.32. The third-order valence-corrected chi connectivity index (χ3v) is 7.35. The summed E-state index contributed by atoms with van der Waals surface area (Å²) >= 11 is 1.58. The monoisotopic (exact) mass is 589 g/mol. The van der Waals surface area contributed by atoms with Crippen LogP contribution in [0.25, 0.3) is 11.0 Å². The zero-order valence-corrected chi connectivity index (χ0v) is 24.9. The Labute approximate surface area is 249 Å². The lowest BCUT2D eigenvalue weighted by molar-refractivity contribution is -0.192. The van der Waals surface area contributed by atoms with Gasteiger partial charge < -0.3 is 19.7 Å². The van der Waals surface area contributed by atoms with Crippen LogP contribution in [0, 0.1) is 0 Å². The van der Waals surface area contributed by atoms with Gasteiger partial charge in [-0.15, -0.1) is 0 Å². The number of aromatic hydroxyl groups is 1. The number of phenolic OH excluding ortho intramolecular Hbond substituents is 1. The smallest absolute Gasteiger partial charge is 0.336 e. The van der Waals surface area contributed by atoms with Gasteiger partial charge >= 0.3 is 11.9 Å². The average Bonchev–Trinajstić information content (AvgIpc) is 3.36. The second-order valence-electron chi connectivity index (χ2n) is 11.0. The van der Waals surface area contributed by atoms with Gasteiger partial charge in [-0.1, -0.05) is 69.4 Å². The van der Waals surface area contributed by atoms with Gasteiger partial charge in [0.15, 0.2) is 6.23 Å². The molecule has 1 heterocycles. The van der Waals surface area contributed by atoms with Crippen molar-refractivity contribution in [3.63, 3.8) is 0 Å². The number of hydrogen-bond donors (Lipinski definition) is 2. The van der Waals surface area contributed by atoms with Gasteiger partial charge in [-0.3, -0.25) is 4.79 Å². The van der Waals surface area contributed by atoms with Gasteiger partial charge in [0.25, 0.3) is 6.29 Å². The van der Waals surface area contributed by atoms with Crippen LogP contribution in [-0.4, -0.2) is 43.4 Å². The number of carbonyl (C=O) groups excluding carboxylic acids is 2. The minimum absolute atomic E-state index is 0.00264. The normalized spacial score (nSPS) is 13.0. The lowest BCUT2D eigenvalue weighted by Gasteiger charge is -2.22. The van der Waals surface area contributed by atoms with Crippen molar-refractivity contribution in [2.75, 3.05) is 0 Å². The molecular weight excluding hydrogens is 554 g/mol. The van der Waals surface area contributed by atoms with Gasteiger partial charge in [0.2, 0.25) is 0 Å². The van der Waals surface area contributed by atoms with E-state index in [0.717, 1.165) is 25.7 Å². The molecule has 4 rings (SSSR count). The lowest BCUT2D eigenvalue weighted by Crippen LogP contribution is -2.29. The summed E-state index contributed by atoms with van der Waals surface area (Å²) < 4.78 is 10.8. The van der Waals surface area contributed by atoms with E-state index in [9.17, 15) is 19.8 Å². The van der Waals surface area contributed by atoms with Crippen LogP contribution in [0.5, 0.6) is 5.75 Å². The van der Waals surface area contributed by atoms with Crippen molar-refractivity contribution in [2.24, 2.45) is 0 Å². The SMILES string of the molecule is C=C(C)C(=O)OC(CC(O)n1nc2ccc(Sc3ccccc3)cc2n1)OC(=O)CCc1ccc(O)c(C(C)(C)C)c1. The number of aliphatic hydroxyl groups is 1. The van der Waals surface area contributed by atoms with E-state index in [1.165, 1.54) is 6.92 Å². The molecule has 0 spiro atoms. The number of aryl methyl sites for hydroxylation is 1. The van der Waals surface area contributed by atoms with Crippen LogP contribution in [0.3, 0.4) is 0 Å². The van der Waals surface area contributed by atoms with E-state index >= 15 is 0 Å². The fraction of sp³-hybridized carbons (Fsp3) is 0.312.